The molecule has 5 atom stereocenters. The Morgan fingerprint density at radius 3 is 2.21 bits per heavy atom. The molecule has 0 bridgehead atoms. The molecule has 1 aliphatic rings. The van der Waals surface area contributed by atoms with Gasteiger partial charge in [-0.05, 0) is 24.1 Å². The lowest BCUT2D eigenvalue weighted by Gasteiger charge is -2.45. The predicted octanol–water partition coefficient (Wildman–Crippen LogP) is 1.67. The number of hydrogen-bond acceptors (Lipinski definition) is 5. The molecule has 0 radical (unpaired) electrons. The maximum atomic E-state index is 14.8. The molecule has 2 aromatic carbocycles. The van der Waals surface area contributed by atoms with Crippen LogP contribution in [-0.4, -0.2) is 57.4 Å². The van der Waals surface area contributed by atoms with Gasteiger partial charge < -0.3 is 25.2 Å². The zero-order valence-electron chi connectivity index (χ0n) is 15.4. The molecular formula is C21H24F2O5. The summed E-state index contributed by atoms with van der Waals surface area (Å²) in [5, 5.41) is 39.1. The average Bonchev–Trinajstić information content (AvgIpc) is 2.67. The fourth-order valence-electron chi connectivity index (χ4n) is 3.49. The van der Waals surface area contributed by atoms with Gasteiger partial charge in [-0.3, -0.25) is 0 Å². The lowest BCUT2D eigenvalue weighted by atomic mass is 9.78. The zero-order valence-corrected chi connectivity index (χ0v) is 15.4. The molecule has 4 N–H and O–H groups in total. The third-order valence-corrected chi connectivity index (χ3v) is 5.23. The van der Waals surface area contributed by atoms with Gasteiger partial charge in [0.05, 0.1) is 18.6 Å². The Balaban J connectivity index is 1.89. The number of rotatable bonds is 5. The van der Waals surface area contributed by atoms with Crippen molar-refractivity contribution >= 4 is 0 Å². The second-order valence-electron chi connectivity index (χ2n) is 7.24. The lowest BCUT2D eigenvalue weighted by Crippen LogP contribution is -2.67. The second-order valence-corrected chi connectivity index (χ2v) is 7.24. The van der Waals surface area contributed by atoms with Crippen LogP contribution in [0.15, 0.2) is 48.5 Å². The lowest BCUT2D eigenvalue weighted by molar-refractivity contribution is -0.266. The van der Waals surface area contributed by atoms with Crippen molar-refractivity contribution < 1.29 is 33.9 Å². The van der Waals surface area contributed by atoms with Gasteiger partial charge in [0.1, 0.15) is 18.0 Å². The highest BCUT2D eigenvalue weighted by Gasteiger charge is 2.62. The van der Waals surface area contributed by atoms with Gasteiger partial charge >= 0.3 is 0 Å². The fourth-order valence-corrected chi connectivity index (χ4v) is 3.49. The third-order valence-electron chi connectivity index (χ3n) is 5.23. The molecular weight excluding hydrogens is 370 g/mol. The standard InChI is InChI=1S/C21H24F2O5/c1-12-6-8-13(9-7-12)10-14-4-2-3-5-16(14)28-20-19(27)18(26)17(25)15(11-24)21(20,22)23/h2-9,15,17-20,24-27H,10-11H2,1H3/t15-,17-,18+,19-,20+/m1/s1. The van der Waals surface area contributed by atoms with E-state index < -0.39 is 42.9 Å². The summed E-state index contributed by atoms with van der Waals surface area (Å²) < 4.78 is 35.0. The van der Waals surface area contributed by atoms with Crippen LogP contribution < -0.4 is 4.74 Å². The molecule has 1 saturated carbocycles. The van der Waals surface area contributed by atoms with Gasteiger partial charge in [-0.15, -0.1) is 0 Å². The number of hydrogen-bond donors (Lipinski definition) is 4. The van der Waals surface area contributed by atoms with E-state index in [4.69, 9.17) is 4.74 Å². The topological polar surface area (TPSA) is 90.2 Å². The number of aliphatic hydroxyl groups is 4. The number of aliphatic hydroxyl groups excluding tert-OH is 4. The molecule has 0 aliphatic heterocycles. The number of ether oxygens (including phenoxy) is 1. The number of para-hydroxylation sites is 1. The number of benzene rings is 2. The van der Waals surface area contributed by atoms with E-state index in [0.717, 1.165) is 11.1 Å². The molecule has 2 aromatic rings. The number of aryl methyl sites for hydroxylation is 1. The van der Waals surface area contributed by atoms with Crippen molar-refractivity contribution in [3.05, 3.63) is 65.2 Å². The molecule has 0 amide bonds. The minimum Gasteiger partial charge on any atom is -0.481 e. The van der Waals surface area contributed by atoms with Crippen molar-refractivity contribution in [3.63, 3.8) is 0 Å². The van der Waals surface area contributed by atoms with Crippen LogP contribution in [0.25, 0.3) is 0 Å². The Morgan fingerprint density at radius 1 is 0.929 bits per heavy atom. The van der Waals surface area contributed by atoms with Crippen molar-refractivity contribution in [1.29, 1.82) is 0 Å². The summed E-state index contributed by atoms with van der Waals surface area (Å²) in [6.07, 6.45) is -7.51. The van der Waals surface area contributed by atoms with Crippen molar-refractivity contribution in [1.82, 2.24) is 0 Å². The summed E-state index contributed by atoms with van der Waals surface area (Å²) in [5.74, 6) is -5.55. The summed E-state index contributed by atoms with van der Waals surface area (Å²) in [7, 11) is 0. The first-order valence-corrected chi connectivity index (χ1v) is 9.08. The molecule has 0 aromatic heterocycles. The van der Waals surface area contributed by atoms with E-state index in [1.807, 2.05) is 31.2 Å². The summed E-state index contributed by atoms with van der Waals surface area (Å²) in [4.78, 5) is 0. The van der Waals surface area contributed by atoms with Crippen LogP contribution in [0.1, 0.15) is 16.7 Å². The normalized spacial score (nSPS) is 29.5. The SMILES string of the molecule is Cc1ccc(Cc2ccccc2O[C@H]2[C@H](O)[C@@H](O)[C@H](O)[C@@H](CO)C2(F)F)cc1. The van der Waals surface area contributed by atoms with Crippen molar-refractivity contribution in [3.8, 4) is 5.75 Å². The largest absolute Gasteiger partial charge is 0.481 e. The minimum absolute atomic E-state index is 0.145. The Morgan fingerprint density at radius 2 is 1.57 bits per heavy atom. The molecule has 5 nitrogen and oxygen atoms in total. The van der Waals surface area contributed by atoms with Crippen LogP contribution in [0.4, 0.5) is 8.78 Å². The maximum absolute atomic E-state index is 14.8. The van der Waals surface area contributed by atoms with Crippen LogP contribution in [0, 0.1) is 12.8 Å². The van der Waals surface area contributed by atoms with Crippen LogP contribution in [0.5, 0.6) is 5.75 Å². The second kappa shape index (κ2) is 8.13. The molecule has 0 heterocycles. The van der Waals surface area contributed by atoms with Crippen LogP contribution >= 0.6 is 0 Å². The van der Waals surface area contributed by atoms with E-state index in [2.05, 4.69) is 0 Å². The third kappa shape index (κ3) is 3.89. The molecule has 0 spiro atoms. The van der Waals surface area contributed by atoms with Crippen LogP contribution in [0.3, 0.4) is 0 Å². The smallest absolute Gasteiger partial charge is 0.294 e. The first kappa shape index (κ1) is 20.7. The fraction of sp³-hybridized carbons (Fsp3) is 0.429. The molecule has 3 rings (SSSR count). The first-order chi connectivity index (χ1) is 13.3. The predicted molar refractivity (Wildman–Crippen MR) is 98.4 cm³/mol. The van der Waals surface area contributed by atoms with Gasteiger partial charge in [0.2, 0.25) is 0 Å². The highest BCUT2D eigenvalue weighted by Crippen LogP contribution is 2.41. The van der Waals surface area contributed by atoms with Gasteiger partial charge in [0.25, 0.3) is 5.92 Å². The molecule has 1 aliphatic carbocycles. The molecule has 0 unspecified atom stereocenters. The van der Waals surface area contributed by atoms with Crippen molar-refractivity contribution in [2.45, 2.75) is 43.7 Å². The first-order valence-electron chi connectivity index (χ1n) is 9.08. The van der Waals surface area contributed by atoms with E-state index in [-0.39, 0.29) is 5.75 Å². The van der Waals surface area contributed by atoms with Crippen molar-refractivity contribution in [2.75, 3.05) is 6.61 Å². The van der Waals surface area contributed by atoms with Crippen LogP contribution in [0.2, 0.25) is 0 Å². The maximum Gasteiger partial charge on any atom is 0.294 e. The van der Waals surface area contributed by atoms with Crippen LogP contribution in [-0.2, 0) is 6.42 Å². The van der Waals surface area contributed by atoms with E-state index >= 15 is 0 Å². The molecule has 28 heavy (non-hydrogen) atoms. The number of halogens is 2. The number of alkyl halides is 2. The highest BCUT2D eigenvalue weighted by molar-refractivity contribution is 5.38. The molecule has 1 fully saturated rings. The summed E-state index contributed by atoms with van der Waals surface area (Å²) in [5.41, 5.74) is 2.69. The molecule has 152 valence electrons. The summed E-state index contributed by atoms with van der Waals surface area (Å²) >= 11 is 0. The molecule has 7 heteroatoms. The quantitative estimate of drug-likeness (QED) is 0.620. The van der Waals surface area contributed by atoms with Gasteiger partial charge in [0, 0.05) is 6.42 Å². The minimum atomic E-state index is -3.75. The van der Waals surface area contributed by atoms with E-state index in [1.54, 1.807) is 18.2 Å². The van der Waals surface area contributed by atoms with E-state index in [1.165, 1.54) is 6.07 Å². The monoisotopic (exact) mass is 394 g/mol. The Labute approximate surface area is 161 Å². The average molecular weight is 394 g/mol. The van der Waals surface area contributed by atoms with E-state index in [9.17, 15) is 29.2 Å². The van der Waals surface area contributed by atoms with Gasteiger partial charge in [-0.1, -0.05) is 48.0 Å². The van der Waals surface area contributed by atoms with Gasteiger partial charge in [-0.25, -0.2) is 8.78 Å². The van der Waals surface area contributed by atoms with Gasteiger partial charge in [0.15, 0.2) is 6.10 Å². The summed E-state index contributed by atoms with van der Waals surface area (Å²) in [6, 6.07) is 14.4. The van der Waals surface area contributed by atoms with Crippen molar-refractivity contribution in [2.24, 2.45) is 5.92 Å². The Hall–Kier alpha value is -2.06. The van der Waals surface area contributed by atoms with E-state index in [0.29, 0.717) is 12.0 Å². The summed E-state index contributed by atoms with van der Waals surface area (Å²) in [6.45, 7) is 0.910. The highest BCUT2D eigenvalue weighted by atomic mass is 19.3. The Kier molecular flexibility index (Phi) is 6.00. The van der Waals surface area contributed by atoms with Gasteiger partial charge in [-0.2, -0.15) is 0 Å². The molecule has 0 saturated heterocycles. The Bertz CT molecular complexity index is 796. The zero-order chi connectivity index (χ0) is 20.5.